The van der Waals surface area contributed by atoms with Gasteiger partial charge in [-0.2, -0.15) is 0 Å². The second kappa shape index (κ2) is 19.7. The molecule has 0 saturated heterocycles. The lowest BCUT2D eigenvalue weighted by Crippen LogP contribution is -2.49. The lowest BCUT2D eigenvalue weighted by atomic mass is 10.2. The Morgan fingerprint density at radius 1 is 0.438 bits per heavy atom. The van der Waals surface area contributed by atoms with Crippen LogP contribution in [0, 0.1) is 0 Å². The van der Waals surface area contributed by atoms with Gasteiger partial charge in [-0.05, 0) is 0 Å². The summed E-state index contributed by atoms with van der Waals surface area (Å²) in [4.78, 5) is 142. The van der Waals surface area contributed by atoms with Crippen LogP contribution < -0.4 is 0 Å². The molecule has 0 spiro atoms. The Labute approximate surface area is 266 Å². The van der Waals surface area contributed by atoms with Crippen LogP contribution in [0.4, 0.5) is 0 Å². The zero-order chi connectivity index (χ0) is 37.3. The fourth-order valence-corrected chi connectivity index (χ4v) is 3.39. The maximum absolute atomic E-state index is 13.1. The Hall–Kier alpha value is -6.62. The minimum atomic E-state index is -2.49. The van der Waals surface area contributed by atoms with Crippen molar-refractivity contribution in [3.05, 3.63) is 12.2 Å². The van der Waals surface area contributed by atoms with E-state index < -0.39 is 136 Å². The van der Waals surface area contributed by atoms with Crippen molar-refractivity contribution in [3.63, 3.8) is 0 Å². The van der Waals surface area contributed by atoms with Gasteiger partial charge in [-0.15, -0.1) is 0 Å². The third kappa shape index (κ3) is 17.0. The largest absolute Gasteiger partial charge is 0.480 e. The second-order valence-electron chi connectivity index (χ2n) is 9.10. The van der Waals surface area contributed by atoms with E-state index in [2.05, 4.69) is 0 Å². The number of carboxylic acid groups (broad SMARTS) is 7. The molecule has 0 aromatic rings. The monoisotopic (exact) mass is 692 g/mol. The van der Waals surface area contributed by atoms with Gasteiger partial charge in [0.25, 0.3) is 5.91 Å². The number of nitrogens with zero attached hydrogens (tertiary/aromatic N) is 4. The fourth-order valence-electron chi connectivity index (χ4n) is 3.39. The summed E-state index contributed by atoms with van der Waals surface area (Å²) in [6.45, 7) is -10.2. The zero-order valence-electron chi connectivity index (χ0n) is 24.3. The summed E-state index contributed by atoms with van der Waals surface area (Å²) in [5, 5.41) is 62.9. The van der Waals surface area contributed by atoms with Crippen molar-refractivity contribution in [2.24, 2.45) is 0 Å². The lowest BCUT2D eigenvalue weighted by molar-refractivity contribution is -0.167. The molecule has 24 heteroatoms. The van der Waals surface area contributed by atoms with Crippen LogP contribution in [0.15, 0.2) is 12.2 Å². The summed E-state index contributed by atoms with van der Waals surface area (Å²) in [5.74, 6) is -19.8. The molecule has 7 N–H and O–H groups in total. The molecule has 48 heavy (non-hydrogen) atoms. The van der Waals surface area contributed by atoms with E-state index in [1.54, 1.807) is 0 Å². The molecule has 0 radical (unpaired) electrons. The predicted octanol–water partition coefficient (Wildman–Crippen LogP) is -5.25. The minimum absolute atomic E-state index is 0.0726. The molecule has 0 aromatic carbocycles. The van der Waals surface area contributed by atoms with Gasteiger partial charge in [0, 0.05) is 12.2 Å². The molecule has 1 atom stereocenters. The quantitative estimate of drug-likeness (QED) is 0.0411. The first-order valence-electron chi connectivity index (χ1n) is 12.7. The number of rotatable bonds is 22. The summed E-state index contributed by atoms with van der Waals surface area (Å²) in [5.41, 5.74) is 0. The van der Waals surface area contributed by atoms with Crippen molar-refractivity contribution in [3.8, 4) is 0 Å². The molecule has 0 fully saturated rings. The number of carbonyl (C=O) groups excluding carboxylic acids is 5. The number of amides is 4. The number of hydrogen-bond donors (Lipinski definition) is 7. The van der Waals surface area contributed by atoms with E-state index >= 15 is 0 Å². The normalized spacial score (nSPS) is 11.0. The average Bonchev–Trinajstić information content (AvgIpc) is 2.91. The van der Waals surface area contributed by atoms with Crippen LogP contribution in [0.1, 0.15) is 6.42 Å². The minimum Gasteiger partial charge on any atom is -0.480 e. The van der Waals surface area contributed by atoms with Gasteiger partial charge in [-0.3, -0.25) is 57.5 Å². The highest BCUT2D eigenvalue weighted by atomic mass is 16.6. The molecule has 264 valence electrons. The third-order valence-corrected chi connectivity index (χ3v) is 5.17. The van der Waals surface area contributed by atoms with Crippen molar-refractivity contribution in [2.45, 2.75) is 12.5 Å². The summed E-state index contributed by atoms with van der Waals surface area (Å²) >= 11 is 0. The molecule has 0 aliphatic carbocycles. The van der Waals surface area contributed by atoms with E-state index in [4.69, 9.17) is 40.5 Å². The highest BCUT2D eigenvalue weighted by Gasteiger charge is 2.35. The molecule has 0 rings (SSSR count). The zero-order valence-corrected chi connectivity index (χ0v) is 24.3. The van der Waals surface area contributed by atoms with E-state index in [1.165, 1.54) is 0 Å². The Bertz CT molecular complexity index is 1320. The van der Waals surface area contributed by atoms with Crippen molar-refractivity contribution >= 4 is 71.4 Å². The molecule has 0 bridgehead atoms. The standard InChI is InChI=1S/C24H28N4O20/c29-13(25(4-16(32)33)5-17(34)35)1-2-14(30)27(8-20(40)41)11-23(46)48-12(24(47)28(9-21(42)43)10-22(44)45)3-15(31)26(6-18(36)37)7-19(38)39/h1-2,12H,3-11H2,(H,32,33)(H,34,35)(H,36,37)(H,38,39)(H,40,41)(H,42,43)(H,44,45). The van der Waals surface area contributed by atoms with Gasteiger partial charge in [0.2, 0.25) is 17.7 Å². The molecular formula is C24H28N4O20. The predicted molar refractivity (Wildman–Crippen MR) is 143 cm³/mol. The summed E-state index contributed by atoms with van der Waals surface area (Å²) < 4.78 is 4.83. The van der Waals surface area contributed by atoms with Crippen LogP contribution in [-0.4, -0.2) is 185 Å². The summed E-state index contributed by atoms with van der Waals surface area (Å²) in [7, 11) is 0. The van der Waals surface area contributed by atoms with Gasteiger partial charge in [0.15, 0.2) is 6.10 Å². The van der Waals surface area contributed by atoms with E-state index in [0.29, 0.717) is 12.2 Å². The Morgan fingerprint density at radius 2 is 0.729 bits per heavy atom. The summed E-state index contributed by atoms with van der Waals surface area (Å²) in [6, 6.07) is 0. The number of carboxylic acids is 7. The molecule has 24 nitrogen and oxygen atoms in total. The first-order valence-corrected chi connectivity index (χ1v) is 12.7. The molecule has 1 unspecified atom stereocenters. The molecule has 0 aliphatic rings. The van der Waals surface area contributed by atoms with Crippen molar-refractivity contribution < 1.29 is 98.0 Å². The molecule has 0 aliphatic heterocycles. The number of aliphatic carboxylic acids is 7. The fraction of sp³-hybridized carbons (Fsp3) is 0.417. The van der Waals surface area contributed by atoms with Gasteiger partial charge < -0.3 is 60.1 Å². The molecule has 0 saturated carbocycles. The number of esters is 1. The van der Waals surface area contributed by atoms with Crippen LogP contribution in [0.2, 0.25) is 0 Å². The second-order valence-corrected chi connectivity index (χ2v) is 9.10. The highest BCUT2D eigenvalue weighted by Crippen LogP contribution is 2.10. The van der Waals surface area contributed by atoms with Gasteiger partial charge in [0.1, 0.15) is 52.4 Å². The first-order chi connectivity index (χ1) is 22.1. The van der Waals surface area contributed by atoms with Crippen molar-refractivity contribution in [2.75, 3.05) is 52.4 Å². The van der Waals surface area contributed by atoms with Gasteiger partial charge in [-0.1, -0.05) is 0 Å². The van der Waals surface area contributed by atoms with Crippen LogP contribution in [0.3, 0.4) is 0 Å². The number of carbonyl (C=O) groups is 12. The molecular weight excluding hydrogens is 664 g/mol. The van der Waals surface area contributed by atoms with Crippen LogP contribution in [-0.2, 0) is 62.3 Å². The van der Waals surface area contributed by atoms with E-state index in [0.717, 1.165) is 0 Å². The maximum atomic E-state index is 13.1. The van der Waals surface area contributed by atoms with E-state index in [9.17, 15) is 57.5 Å². The lowest BCUT2D eigenvalue weighted by Gasteiger charge is -2.27. The Morgan fingerprint density at radius 3 is 1.06 bits per heavy atom. The topological polar surface area (TPSA) is 369 Å². The van der Waals surface area contributed by atoms with Gasteiger partial charge in [0.05, 0.1) is 6.42 Å². The Kier molecular flexibility index (Phi) is 17.0. The van der Waals surface area contributed by atoms with E-state index in [1.807, 2.05) is 0 Å². The number of hydrogen-bond acceptors (Lipinski definition) is 13. The van der Waals surface area contributed by atoms with Crippen molar-refractivity contribution in [1.29, 1.82) is 0 Å². The summed E-state index contributed by atoms with van der Waals surface area (Å²) in [6.07, 6.45) is -3.23. The van der Waals surface area contributed by atoms with Crippen molar-refractivity contribution in [1.82, 2.24) is 19.6 Å². The van der Waals surface area contributed by atoms with Crippen LogP contribution in [0.25, 0.3) is 0 Å². The molecule has 0 heterocycles. The smallest absolute Gasteiger partial charge is 0.326 e. The van der Waals surface area contributed by atoms with Crippen LogP contribution >= 0.6 is 0 Å². The van der Waals surface area contributed by atoms with Crippen LogP contribution in [0.5, 0.6) is 0 Å². The number of ether oxygens (including phenoxy) is 1. The molecule has 4 amide bonds. The van der Waals surface area contributed by atoms with E-state index in [-0.39, 0.29) is 19.6 Å². The van der Waals surface area contributed by atoms with Gasteiger partial charge >= 0.3 is 47.8 Å². The Balaban J connectivity index is 6.37. The SMILES string of the molecule is O=C(O)CN(CC(=O)O)C(=O)C=CC(=O)N(CC(=O)O)CC(=O)OC(CC(=O)N(CC(=O)O)CC(=O)O)C(=O)N(CC(=O)O)CC(=O)O. The highest BCUT2D eigenvalue weighted by molar-refractivity contribution is 6.00. The third-order valence-electron chi connectivity index (χ3n) is 5.17. The average molecular weight is 692 g/mol. The molecule has 0 aromatic heterocycles. The first kappa shape index (κ1) is 41.4. The van der Waals surface area contributed by atoms with Gasteiger partial charge in [-0.25, -0.2) is 0 Å². The maximum Gasteiger partial charge on any atom is 0.326 e.